The molecular formula is C42H24BN3. The highest BCUT2D eigenvalue weighted by Crippen LogP contribution is 2.50. The summed E-state index contributed by atoms with van der Waals surface area (Å²) in [7, 11) is 0. The van der Waals surface area contributed by atoms with Gasteiger partial charge in [-0.1, -0.05) is 109 Å². The fraction of sp³-hybridized carbons (Fsp3) is 0. The van der Waals surface area contributed by atoms with Crippen LogP contribution >= 0.6 is 0 Å². The summed E-state index contributed by atoms with van der Waals surface area (Å²) < 4.78 is 5.11. The van der Waals surface area contributed by atoms with Gasteiger partial charge in [0.1, 0.15) is 0 Å². The van der Waals surface area contributed by atoms with E-state index in [-0.39, 0.29) is 6.85 Å². The summed E-state index contributed by atoms with van der Waals surface area (Å²) in [5.41, 5.74) is 18.2. The van der Waals surface area contributed by atoms with Crippen LogP contribution in [0.25, 0.3) is 77.2 Å². The van der Waals surface area contributed by atoms with Gasteiger partial charge in [0.05, 0.1) is 22.1 Å². The molecule has 0 bridgehead atoms. The quantitative estimate of drug-likeness (QED) is 0.176. The van der Waals surface area contributed by atoms with Crippen LogP contribution in [0.1, 0.15) is 0 Å². The smallest absolute Gasteiger partial charge is 0.333 e. The van der Waals surface area contributed by atoms with E-state index in [9.17, 15) is 0 Å². The van der Waals surface area contributed by atoms with Crippen molar-refractivity contribution in [1.29, 1.82) is 0 Å². The third kappa shape index (κ3) is 2.54. The van der Waals surface area contributed by atoms with Crippen LogP contribution in [0, 0.1) is 0 Å². The maximum atomic E-state index is 2.62. The van der Waals surface area contributed by atoms with Crippen LogP contribution in [0.5, 0.6) is 0 Å². The van der Waals surface area contributed by atoms with E-state index in [1.807, 2.05) is 0 Å². The average molecular weight is 581 g/mol. The van der Waals surface area contributed by atoms with E-state index < -0.39 is 0 Å². The lowest BCUT2D eigenvalue weighted by Crippen LogP contribution is -2.62. The molecule has 3 nitrogen and oxygen atoms in total. The first-order chi connectivity index (χ1) is 22.9. The zero-order valence-corrected chi connectivity index (χ0v) is 24.8. The van der Waals surface area contributed by atoms with Crippen molar-refractivity contribution >= 4 is 72.8 Å². The summed E-state index contributed by atoms with van der Waals surface area (Å²) in [5, 5.41) is 5.17. The lowest BCUT2D eigenvalue weighted by Gasteiger charge is -2.46. The van der Waals surface area contributed by atoms with Crippen LogP contribution in [-0.4, -0.2) is 16.0 Å². The van der Waals surface area contributed by atoms with Crippen molar-refractivity contribution in [2.24, 2.45) is 0 Å². The third-order valence-electron chi connectivity index (χ3n) is 10.8. The van der Waals surface area contributed by atoms with Gasteiger partial charge in [-0.2, -0.15) is 0 Å². The van der Waals surface area contributed by atoms with E-state index in [0.29, 0.717) is 0 Å². The molecule has 46 heavy (non-hydrogen) atoms. The van der Waals surface area contributed by atoms with Crippen molar-refractivity contribution in [3.05, 3.63) is 146 Å². The van der Waals surface area contributed by atoms with Gasteiger partial charge in [-0.05, 0) is 58.5 Å². The maximum absolute atomic E-state index is 2.62. The van der Waals surface area contributed by atoms with Gasteiger partial charge in [-0.25, -0.2) is 0 Å². The Morgan fingerprint density at radius 1 is 0.348 bits per heavy atom. The molecule has 0 N–H and O–H groups in total. The van der Waals surface area contributed by atoms with Gasteiger partial charge < -0.3 is 13.9 Å². The van der Waals surface area contributed by atoms with Crippen LogP contribution in [0.4, 0.5) is 11.4 Å². The summed E-state index contributed by atoms with van der Waals surface area (Å²) in [6, 6.07) is 54.1. The van der Waals surface area contributed by atoms with Crippen molar-refractivity contribution in [3.8, 4) is 33.6 Å². The van der Waals surface area contributed by atoms with E-state index >= 15 is 0 Å². The molecule has 210 valence electrons. The Bertz CT molecular complexity index is 2820. The van der Waals surface area contributed by atoms with Gasteiger partial charge in [0.15, 0.2) is 0 Å². The molecule has 0 saturated carbocycles. The number of aromatic nitrogens is 2. The second kappa shape index (κ2) is 7.98. The standard InChI is InChI=1S/C42H24BN3/c1-2-11-25(12-3-1)44-34-17-7-4-15-28(34)31-23-24-33-32-22-21-30-27-14-6-9-19-36(27)46-35-18-8-5-13-26(35)29-16-10-20-37-38(29)43(46)39(30)40(32)45(37)42(33)41(31)44/h1-24H. The number of anilines is 2. The molecule has 0 radical (unpaired) electrons. The van der Waals surface area contributed by atoms with E-state index in [2.05, 4.69) is 160 Å². The molecule has 0 atom stereocenters. The highest BCUT2D eigenvalue weighted by Gasteiger charge is 2.47. The number of fused-ring (bicyclic) bond motifs is 14. The Kier molecular flexibility index (Phi) is 4.06. The zero-order valence-electron chi connectivity index (χ0n) is 24.8. The van der Waals surface area contributed by atoms with Gasteiger partial charge in [-0.3, -0.25) is 0 Å². The number of benzene rings is 7. The van der Waals surface area contributed by atoms with E-state index in [1.165, 1.54) is 99.5 Å². The first-order valence-electron chi connectivity index (χ1n) is 16.1. The highest BCUT2D eigenvalue weighted by atomic mass is 15.1. The third-order valence-corrected chi connectivity index (χ3v) is 10.8. The van der Waals surface area contributed by atoms with Crippen LogP contribution in [0.3, 0.4) is 0 Å². The summed E-state index contributed by atoms with van der Waals surface area (Å²) >= 11 is 0. The first kappa shape index (κ1) is 23.4. The minimum absolute atomic E-state index is 0.0991. The zero-order chi connectivity index (χ0) is 29.7. The minimum atomic E-state index is 0.0991. The molecule has 0 spiro atoms. The van der Waals surface area contributed by atoms with E-state index in [0.717, 1.165) is 0 Å². The van der Waals surface area contributed by atoms with Crippen LogP contribution in [0.15, 0.2) is 146 Å². The minimum Gasteiger partial charge on any atom is -0.376 e. The van der Waals surface area contributed by atoms with Gasteiger partial charge in [0.25, 0.3) is 0 Å². The van der Waals surface area contributed by atoms with Gasteiger partial charge in [-0.15, -0.1) is 0 Å². The monoisotopic (exact) mass is 581 g/mol. The number of hydrogen-bond donors (Lipinski definition) is 0. The second-order valence-electron chi connectivity index (χ2n) is 12.8. The summed E-state index contributed by atoms with van der Waals surface area (Å²) in [5.74, 6) is 0. The molecule has 9 aromatic rings. The number of rotatable bonds is 1. The first-order valence-corrected chi connectivity index (χ1v) is 16.1. The predicted octanol–water partition coefficient (Wildman–Crippen LogP) is 9.10. The second-order valence-corrected chi connectivity index (χ2v) is 12.8. The lowest BCUT2D eigenvalue weighted by molar-refractivity contribution is 1.15. The maximum Gasteiger partial charge on any atom is 0.333 e. The average Bonchev–Trinajstić information content (AvgIpc) is 3.65. The fourth-order valence-electron chi connectivity index (χ4n) is 9.16. The van der Waals surface area contributed by atoms with Gasteiger partial charge in [0.2, 0.25) is 0 Å². The molecule has 0 aliphatic carbocycles. The van der Waals surface area contributed by atoms with E-state index in [1.54, 1.807) is 0 Å². The summed E-state index contributed by atoms with van der Waals surface area (Å²) in [6.45, 7) is 0.0991. The molecule has 4 heteroatoms. The lowest BCUT2D eigenvalue weighted by atomic mass is 9.41. The Morgan fingerprint density at radius 3 is 1.72 bits per heavy atom. The molecule has 3 aliphatic rings. The van der Waals surface area contributed by atoms with Gasteiger partial charge >= 0.3 is 6.85 Å². The summed E-state index contributed by atoms with van der Waals surface area (Å²) in [4.78, 5) is 2.62. The molecule has 3 aliphatic heterocycles. The van der Waals surface area contributed by atoms with Crippen molar-refractivity contribution in [3.63, 3.8) is 0 Å². The molecule has 0 amide bonds. The van der Waals surface area contributed by atoms with Crippen LogP contribution < -0.4 is 15.7 Å². The number of para-hydroxylation sites is 4. The van der Waals surface area contributed by atoms with Crippen molar-refractivity contribution in [2.45, 2.75) is 0 Å². The molecular weight excluding hydrogens is 557 g/mol. The van der Waals surface area contributed by atoms with Gasteiger partial charge in [0, 0.05) is 55.4 Å². The van der Waals surface area contributed by atoms with Crippen molar-refractivity contribution in [1.82, 2.24) is 9.13 Å². The van der Waals surface area contributed by atoms with Crippen molar-refractivity contribution in [2.75, 3.05) is 4.81 Å². The Labute approximate surface area is 265 Å². The predicted molar refractivity (Wildman–Crippen MR) is 193 cm³/mol. The largest absolute Gasteiger partial charge is 0.376 e. The molecule has 7 aromatic carbocycles. The highest BCUT2D eigenvalue weighted by molar-refractivity contribution is 6.95. The Hall–Kier alpha value is -6.00. The number of nitrogens with zero attached hydrogens (tertiary/aromatic N) is 3. The molecule has 0 fully saturated rings. The van der Waals surface area contributed by atoms with Crippen LogP contribution in [-0.2, 0) is 0 Å². The fourth-order valence-corrected chi connectivity index (χ4v) is 9.16. The topological polar surface area (TPSA) is 13.1 Å². The number of hydrogen-bond acceptors (Lipinski definition) is 1. The molecule has 12 rings (SSSR count). The normalized spacial score (nSPS) is 13.6. The Balaban J connectivity index is 1.37. The molecule has 0 unspecified atom stereocenters. The molecule has 2 aromatic heterocycles. The SMILES string of the molecule is c1ccc(-n2c3ccccc3c3ccc4c5ccc6c7c5n(c4c32)-c2cccc3c2B7N(c2ccccc2-3)c2ccccc2-6)cc1. The van der Waals surface area contributed by atoms with Crippen molar-refractivity contribution < 1.29 is 0 Å². The van der Waals surface area contributed by atoms with E-state index in [4.69, 9.17) is 0 Å². The van der Waals surface area contributed by atoms with Crippen LogP contribution in [0.2, 0.25) is 0 Å². The Morgan fingerprint density at radius 2 is 0.913 bits per heavy atom. The molecule has 0 saturated heterocycles. The summed E-state index contributed by atoms with van der Waals surface area (Å²) in [6.07, 6.45) is 0. The molecule has 5 heterocycles.